The summed E-state index contributed by atoms with van der Waals surface area (Å²) in [6.45, 7) is 4.00. The second kappa shape index (κ2) is 4.47. The molecule has 14 heavy (non-hydrogen) atoms. The summed E-state index contributed by atoms with van der Waals surface area (Å²) < 4.78 is 14.8. The smallest absolute Gasteiger partial charge is 0.143 e. The van der Waals surface area contributed by atoms with Gasteiger partial charge in [0.2, 0.25) is 0 Å². The van der Waals surface area contributed by atoms with Crippen LogP contribution in [0.25, 0.3) is 10.9 Å². The van der Waals surface area contributed by atoms with Gasteiger partial charge in [-0.1, -0.05) is 25.4 Å². The first-order chi connectivity index (χ1) is 6.68. The number of aromatic nitrogens is 1. The molecule has 0 unspecified atom stereocenters. The van der Waals surface area contributed by atoms with Crippen molar-refractivity contribution in [2.24, 2.45) is 7.05 Å². The minimum Gasteiger partial charge on any atom is -0.350 e. The minimum atomic E-state index is -0.369. The van der Waals surface area contributed by atoms with Crippen molar-refractivity contribution in [2.75, 3.05) is 0 Å². The monoisotopic (exact) mass is 213 g/mol. The number of hydrogen-bond acceptors (Lipinski definition) is 0. The lowest BCUT2D eigenvalue weighted by molar-refractivity contribution is 0.629. The molecule has 0 radical (unpaired) electrons. The molecule has 1 nitrogen and oxygen atoms in total. The third-order valence-electron chi connectivity index (χ3n) is 1.93. The van der Waals surface area contributed by atoms with Crippen molar-refractivity contribution in [3.8, 4) is 0 Å². The molecule has 76 valence electrons. The Balaban J connectivity index is 0.000000461. The van der Waals surface area contributed by atoms with Crippen LogP contribution >= 0.6 is 11.6 Å². The van der Waals surface area contributed by atoms with E-state index in [0.717, 1.165) is 10.9 Å². The van der Waals surface area contributed by atoms with E-state index in [-0.39, 0.29) is 10.8 Å². The first-order valence-corrected chi connectivity index (χ1v) is 4.96. The van der Waals surface area contributed by atoms with Gasteiger partial charge in [0.25, 0.3) is 0 Å². The summed E-state index contributed by atoms with van der Waals surface area (Å²) in [7, 11) is 1.87. The number of benzene rings is 1. The Morgan fingerprint density at radius 2 is 1.93 bits per heavy atom. The van der Waals surface area contributed by atoms with Gasteiger partial charge >= 0.3 is 0 Å². The highest BCUT2D eigenvalue weighted by Crippen LogP contribution is 2.22. The third-order valence-corrected chi connectivity index (χ3v) is 2.22. The van der Waals surface area contributed by atoms with E-state index in [9.17, 15) is 4.39 Å². The van der Waals surface area contributed by atoms with Gasteiger partial charge in [-0.15, -0.1) is 0 Å². The number of hydrogen-bond donors (Lipinski definition) is 0. The lowest BCUT2D eigenvalue weighted by atomic mass is 10.2. The van der Waals surface area contributed by atoms with E-state index in [4.69, 9.17) is 11.6 Å². The predicted octanol–water partition coefficient (Wildman–Crippen LogP) is 4.00. The molecule has 1 heterocycles. The van der Waals surface area contributed by atoms with Crippen LogP contribution in [0.2, 0.25) is 5.02 Å². The summed E-state index contributed by atoms with van der Waals surface area (Å²) in [5.41, 5.74) is 0.858. The molecule has 0 N–H and O–H groups in total. The van der Waals surface area contributed by atoms with Crippen molar-refractivity contribution < 1.29 is 4.39 Å². The molecule has 0 aliphatic heterocycles. The normalized spacial score (nSPS) is 9.79. The van der Waals surface area contributed by atoms with Gasteiger partial charge in [0.15, 0.2) is 0 Å². The first kappa shape index (κ1) is 11.1. The third kappa shape index (κ3) is 1.90. The van der Waals surface area contributed by atoms with Crippen LogP contribution in [0.5, 0.6) is 0 Å². The summed E-state index contributed by atoms with van der Waals surface area (Å²) in [4.78, 5) is 0. The molecular weight excluding hydrogens is 201 g/mol. The molecule has 0 spiro atoms. The standard InChI is InChI=1S/C9H7ClFN.C2H6/c1-12-3-2-6-4-7(10)8(11)5-9(6)12;1-2/h2-5H,1H3;1-2H3. The SMILES string of the molecule is CC.Cn1ccc2cc(Cl)c(F)cc21. The molecule has 0 amide bonds. The van der Waals surface area contributed by atoms with Gasteiger partial charge < -0.3 is 4.57 Å². The second-order valence-corrected chi connectivity index (χ2v) is 3.16. The van der Waals surface area contributed by atoms with Crippen LogP contribution in [-0.2, 0) is 7.05 Å². The van der Waals surface area contributed by atoms with Crippen LogP contribution in [-0.4, -0.2) is 4.57 Å². The molecule has 0 aliphatic rings. The number of rotatable bonds is 0. The molecule has 0 aliphatic carbocycles. The fourth-order valence-corrected chi connectivity index (χ4v) is 1.44. The number of fused-ring (bicyclic) bond motifs is 1. The molecule has 0 atom stereocenters. The van der Waals surface area contributed by atoms with Crippen molar-refractivity contribution in [3.05, 3.63) is 35.2 Å². The molecular formula is C11H13ClFN. The average molecular weight is 214 g/mol. The summed E-state index contributed by atoms with van der Waals surface area (Å²) in [6, 6.07) is 4.98. The fourth-order valence-electron chi connectivity index (χ4n) is 1.26. The fraction of sp³-hybridized carbons (Fsp3) is 0.273. The Morgan fingerprint density at radius 3 is 2.57 bits per heavy atom. The van der Waals surface area contributed by atoms with Gasteiger partial charge in [0, 0.05) is 18.6 Å². The lowest BCUT2D eigenvalue weighted by Crippen LogP contribution is -1.85. The molecule has 0 fully saturated rings. The average Bonchev–Trinajstić information content (AvgIpc) is 2.53. The Bertz CT molecular complexity index is 434. The quantitative estimate of drug-likeness (QED) is 0.624. The van der Waals surface area contributed by atoms with Crippen molar-refractivity contribution in [2.45, 2.75) is 13.8 Å². The number of nitrogens with zero attached hydrogens (tertiary/aromatic N) is 1. The van der Waals surface area contributed by atoms with E-state index in [1.807, 2.05) is 37.7 Å². The van der Waals surface area contributed by atoms with Crippen LogP contribution in [0, 0.1) is 5.82 Å². The topological polar surface area (TPSA) is 4.93 Å². The summed E-state index contributed by atoms with van der Waals surface area (Å²) in [5.74, 6) is -0.369. The van der Waals surface area contributed by atoms with Crippen molar-refractivity contribution in [1.82, 2.24) is 4.57 Å². The maximum absolute atomic E-state index is 13.0. The summed E-state index contributed by atoms with van der Waals surface area (Å²) in [5, 5.41) is 1.14. The number of halogens is 2. The van der Waals surface area contributed by atoms with Crippen LogP contribution in [0.15, 0.2) is 24.4 Å². The molecule has 0 saturated carbocycles. The molecule has 2 rings (SSSR count). The zero-order chi connectivity index (χ0) is 10.7. The van der Waals surface area contributed by atoms with Crippen molar-refractivity contribution in [3.63, 3.8) is 0 Å². The molecule has 2 aromatic rings. The molecule has 1 aromatic heterocycles. The zero-order valence-electron chi connectivity index (χ0n) is 8.51. The van der Waals surface area contributed by atoms with Gasteiger partial charge in [-0.05, 0) is 18.2 Å². The van der Waals surface area contributed by atoms with E-state index in [2.05, 4.69) is 0 Å². The van der Waals surface area contributed by atoms with Crippen LogP contribution < -0.4 is 0 Å². The minimum absolute atomic E-state index is 0.175. The maximum Gasteiger partial charge on any atom is 0.143 e. The van der Waals surface area contributed by atoms with Crippen molar-refractivity contribution >= 4 is 22.5 Å². The summed E-state index contributed by atoms with van der Waals surface area (Å²) >= 11 is 5.61. The molecule has 1 aromatic carbocycles. The second-order valence-electron chi connectivity index (χ2n) is 2.75. The van der Waals surface area contributed by atoms with Crippen LogP contribution in [0.4, 0.5) is 4.39 Å². The highest BCUT2D eigenvalue weighted by molar-refractivity contribution is 6.31. The maximum atomic E-state index is 13.0. The molecule has 3 heteroatoms. The Labute approximate surface area is 88.1 Å². The van der Waals surface area contributed by atoms with Gasteiger partial charge in [0.05, 0.1) is 10.5 Å². The van der Waals surface area contributed by atoms with Gasteiger partial charge in [-0.3, -0.25) is 0 Å². The van der Waals surface area contributed by atoms with E-state index in [1.54, 1.807) is 6.07 Å². The largest absolute Gasteiger partial charge is 0.350 e. The van der Waals surface area contributed by atoms with Gasteiger partial charge in [0.1, 0.15) is 5.82 Å². The Morgan fingerprint density at radius 1 is 1.29 bits per heavy atom. The molecule has 0 bridgehead atoms. The van der Waals surface area contributed by atoms with Gasteiger partial charge in [-0.25, -0.2) is 4.39 Å². The Hall–Kier alpha value is -1.02. The van der Waals surface area contributed by atoms with Gasteiger partial charge in [-0.2, -0.15) is 0 Å². The first-order valence-electron chi connectivity index (χ1n) is 4.58. The van der Waals surface area contributed by atoms with E-state index >= 15 is 0 Å². The van der Waals surface area contributed by atoms with E-state index in [0.29, 0.717) is 0 Å². The number of aryl methyl sites for hydroxylation is 1. The zero-order valence-corrected chi connectivity index (χ0v) is 9.27. The summed E-state index contributed by atoms with van der Waals surface area (Å²) in [6.07, 6.45) is 1.88. The van der Waals surface area contributed by atoms with Crippen molar-refractivity contribution in [1.29, 1.82) is 0 Å². The van der Waals surface area contributed by atoms with Crippen LogP contribution in [0.1, 0.15) is 13.8 Å². The highest BCUT2D eigenvalue weighted by Gasteiger charge is 2.03. The predicted molar refractivity (Wildman–Crippen MR) is 59.2 cm³/mol. The van der Waals surface area contributed by atoms with E-state index < -0.39 is 0 Å². The van der Waals surface area contributed by atoms with Crippen LogP contribution in [0.3, 0.4) is 0 Å². The van der Waals surface area contributed by atoms with E-state index in [1.165, 1.54) is 6.07 Å². The Kier molecular flexibility index (Phi) is 3.53. The molecule has 0 saturated heterocycles. The lowest BCUT2D eigenvalue weighted by Gasteiger charge is -1.97. The highest BCUT2D eigenvalue weighted by atomic mass is 35.5.